The van der Waals surface area contributed by atoms with Gasteiger partial charge in [-0.2, -0.15) is 0 Å². The Morgan fingerprint density at radius 1 is 1.35 bits per heavy atom. The van der Waals surface area contributed by atoms with E-state index in [2.05, 4.69) is 44.0 Å². The maximum absolute atomic E-state index is 5.81. The number of nitrogens with two attached hydrogens (primary N) is 1. The summed E-state index contributed by atoms with van der Waals surface area (Å²) in [4.78, 5) is 2.34. The lowest BCUT2D eigenvalue weighted by Crippen LogP contribution is -2.46. The fraction of sp³-hybridized carbons (Fsp3) is 0.571. The second kappa shape index (κ2) is 5.17. The van der Waals surface area contributed by atoms with Gasteiger partial charge in [-0.1, -0.05) is 18.2 Å². The van der Waals surface area contributed by atoms with Crippen LogP contribution < -0.4 is 5.73 Å². The molecule has 0 spiro atoms. The number of hydrogen-bond acceptors (Lipinski definition) is 3. The van der Waals surface area contributed by atoms with Gasteiger partial charge in [-0.25, -0.2) is 0 Å². The summed E-state index contributed by atoms with van der Waals surface area (Å²) < 4.78 is 5.77. The highest BCUT2D eigenvalue weighted by Crippen LogP contribution is 2.28. The summed E-state index contributed by atoms with van der Waals surface area (Å²) in [5, 5.41) is 0. The second-order valence-electron chi connectivity index (χ2n) is 4.91. The highest BCUT2D eigenvalue weighted by Gasteiger charge is 2.30. The molecule has 1 aromatic carbocycles. The molecule has 3 heteroatoms. The van der Waals surface area contributed by atoms with Crippen LogP contribution in [0.5, 0.6) is 0 Å². The van der Waals surface area contributed by atoms with E-state index in [1.165, 1.54) is 16.7 Å². The summed E-state index contributed by atoms with van der Waals surface area (Å²) in [6.45, 7) is 6.61. The van der Waals surface area contributed by atoms with Crippen LogP contribution >= 0.6 is 0 Å². The molecule has 0 bridgehead atoms. The van der Waals surface area contributed by atoms with E-state index in [1.54, 1.807) is 0 Å². The van der Waals surface area contributed by atoms with Crippen molar-refractivity contribution < 1.29 is 4.74 Å². The van der Waals surface area contributed by atoms with Crippen molar-refractivity contribution in [3.8, 4) is 0 Å². The lowest BCUT2D eigenvalue weighted by atomic mass is 9.95. The fourth-order valence-electron chi connectivity index (χ4n) is 2.48. The van der Waals surface area contributed by atoms with Crippen molar-refractivity contribution in [3.63, 3.8) is 0 Å². The molecule has 0 amide bonds. The van der Waals surface area contributed by atoms with Gasteiger partial charge >= 0.3 is 0 Å². The molecular weight excluding hydrogens is 212 g/mol. The molecule has 1 heterocycles. The molecule has 2 atom stereocenters. The summed E-state index contributed by atoms with van der Waals surface area (Å²) in [7, 11) is 2.14. The number of morpholine rings is 1. The van der Waals surface area contributed by atoms with Crippen LogP contribution in [0, 0.1) is 13.8 Å². The molecule has 0 saturated carbocycles. The van der Waals surface area contributed by atoms with Crippen LogP contribution in [-0.2, 0) is 4.74 Å². The zero-order valence-electron chi connectivity index (χ0n) is 10.9. The first kappa shape index (κ1) is 12.6. The number of benzene rings is 1. The maximum Gasteiger partial charge on any atom is 0.0894 e. The number of aryl methyl sites for hydroxylation is 2. The van der Waals surface area contributed by atoms with Gasteiger partial charge in [0.2, 0.25) is 0 Å². The van der Waals surface area contributed by atoms with Crippen LogP contribution in [-0.4, -0.2) is 37.7 Å². The Balaban J connectivity index is 2.31. The first-order valence-corrected chi connectivity index (χ1v) is 6.22. The SMILES string of the molecule is Cc1ccc(C2C(CN)OCCN2C)cc1C. The predicted octanol–water partition coefficient (Wildman–Crippen LogP) is 1.63. The van der Waals surface area contributed by atoms with Gasteiger partial charge in [0.25, 0.3) is 0 Å². The molecule has 2 unspecified atom stereocenters. The van der Waals surface area contributed by atoms with Crippen molar-refractivity contribution in [1.29, 1.82) is 0 Å². The van der Waals surface area contributed by atoms with Crippen molar-refractivity contribution in [2.75, 3.05) is 26.7 Å². The van der Waals surface area contributed by atoms with Gasteiger partial charge in [-0.15, -0.1) is 0 Å². The second-order valence-corrected chi connectivity index (χ2v) is 4.91. The number of ether oxygens (including phenoxy) is 1. The lowest BCUT2D eigenvalue weighted by molar-refractivity contribution is -0.0576. The number of nitrogens with zero attached hydrogens (tertiary/aromatic N) is 1. The van der Waals surface area contributed by atoms with Gasteiger partial charge in [0.15, 0.2) is 0 Å². The summed E-state index contributed by atoms with van der Waals surface area (Å²) in [6.07, 6.45) is 0.107. The Bertz CT molecular complexity index is 392. The van der Waals surface area contributed by atoms with E-state index >= 15 is 0 Å². The topological polar surface area (TPSA) is 38.5 Å². The highest BCUT2D eigenvalue weighted by atomic mass is 16.5. The molecule has 0 radical (unpaired) electrons. The average molecular weight is 234 g/mol. The minimum atomic E-state index is 0.107. The fourth-order valence-corrected chi connectivity index (χ4v) is 2.48. The molecule has 17 heavy (non-hydrogen) atoms. The Hall–Kier alpha value is -0.900. The van der Waals surface area contributed by atoms with Crippen LogP contribution in [0.15, 0.2) is 18.2 Å². The molecule has 1 saturated heterocycles. The minimum absolute atomic E-state index is 0.107. The number of likely N-dealkylation sites (N-methyl/N-ethyl adjacent to an activating group) is 1. The summed E-state index contributed by atoms with van der Waals surface area (Å²) in [5.74, 6) is 0. The minimum Gasteiger partial charge on any atom is -0.374 e. The van der Waals surface area contributed by atoms with Crippen LogP contribution in [0.1, 0.15) is 22.7 Å². The van der Waals surface area contributed by atoms with E-state index in [0.29, 0.717) is 6.54 Å². The third-order valence-electron chi connectivity index (χ3n) is 3.71. The van der Waals surface area contributed by atoms with E-state index in [9.17, 15) is 0 Å². The molecule has 1 fully saturated rings. The molecule has 2 N–H and O–H groups in total. The standard InChI is InChI=1S/C14H22N2O/c1-10-4-5-12(8-11(10)2)14-13(9-15)17-7-6-16(14)3/h4-5,8,13-14H,6-7,9,15H2,1-3H3. The molecule has 0 aromatic heterocycles. The van der Waals surface area contributed by atoms with Crippen LogP contribution in [0.2, 0.25) is 0 Å². The first-order chi connectivity index (χ1) is 8.13. The quantitative estimate of drug-likeness (QED) is 0.845. The molecule has 3 nitrogen and oxygen atoms in total. The van der Waals surface area contributed by atoms with Crippen molar-refractivity contribution in [2.45, 2.75) is 26.0 Å². The van der Waals surface area contributed by atoms with Crippen molar-refractivity contribution in [1.82, 2.24) is 4.90 Å². The van der Waals surface area contributed by atoms with Crippen molar-refractivity contribution in [2.24, 2.45) is 5.73 Å². The average Bonchev–Trinajstić information content (AvgIpc) is 2.32. The van der Waals surface area contributed by atoms with E-state index in [1.807, 2.05) is 0 Å². The van der Waals surface area contributed by atoms with E-state index in [4.69, 9.17) is 10.5 Å². The molecule has 1 aliphatic heterocycles. The summed E-state index contributed by atoms with van der Waals surface area (Å²) in [6, 6.07) is 6.92. The summed E-state index contributed by atoms with van der Waals surface area (Å²) in [5.41, 5.74) is 9.78. The molecule has 1 aliphatic rings. The number of hydrogen-bond donors (Lipinski definition) is 1. The Kier molecular flexibility index (Phi) is 3.82. The largest absolute Gasteiger partial charge is 0.374 e. The van der Waals surface area contributed by atoms with Gasteiger partial charge in [0, 0.05) is 13.1 Å². The predicted molar refractivity (Wildman–Crippen MR) is 70.1 cm³/mol. The third kappa shape index (κ3) is 2.51. The van der Waals surface area contributed by atoms with Crippen molar-refractivity contribution >= 4 is 0 Å². The smallest absolute Gasteiger partial charge is 0.0894 e. The monoisotopic (exact) mass is 234 g/mol. The molecule has 2 rings (SSSR count). The van der Waals surface area contributed by atoms with Crippen LogP contribution in [0.3, 0.4) is 0 Å². The van der Waals surface area contributed by atoms with Crippen LogP contribution in [0.4, 0.5) is 0 Å². The zero-order valence-corrected chi connectivity index (χ0v) is 10.9. The Morgan fingerprint density at radius 2 is 2.12 bits per heavy atom. The van der Waals surface area contributed by atoms with E-state index < -0.39 is 0 Å². The third-order valence-corrected chi connectivity index (χ3v) is 3.71. The summed E-state index contributed by atoms with van der Waals surface area (Å²) >= 11 is 0. The Morgan fingerprint density at radius 3 is 2.76 bits per heavy atom. The molecule has 0 aliphatic carbocycles. The first-order valence-electron chi connectivity index (χ1n) is 6.22. The van der Waals surface area contributed by atoms with Crippen molar-refractivity contribution in [3.05, 3.63) is 34.9 Å². The molecule has 1 aromatic rings. The maximum atomic E-state index is 5.81. The van der Waals surface area contributed by atoms with Gasteiger partial charge in [-0.3, -0.25) is 4.90 Å². The normalized spacial score (nSPS) is 26.1. The highest BCUT2D eigenvalue weighted by molar-refractivity contribution is 5.32. The van der Waals surface area contributed by atoms with Gasteiger partial charge in [0.05, 0.1) is 18.8 Å². The molecule has 94 valence electrons. The van der Waals surface area contributed by atoms with Gasteiger partial charge in [0.1, 0.15) is 0 Å². The van der Waals surface area contributed by atoms with E-state index in [-0.39, 0.29) is 12.1 Å². The van der Waals surface area contributed by atoms with E-state index in [0.717, 1.165) is 13.2 Å². The molecular formula is C14H22N2O. The van der Waals surface area contributed by atoms with Gasteiger partial charge < -0.3 is 10.5 Å². The Labute approximate surface area is 104 Å². The number of rotatable bonds is 2. The zero-order chi connectivity index (χ0) is 12.4. The van der Waals surface area contributed by atoms with Crippen LogP contribution in [0.25, 0.3) is 0 Å². The lowest BCUT2D eigenvalue weighted by Gasteiger charge is -2.39. The van der Waals surface area contributed by atoms with Gasteiger partial charge in [-0.05, 0) is 37.6 Å².